The van der Waals surface area contributed by atoms with Crippen LogP contribution in [0, 0.1) is 0 Å². The summed E-state index contributed by atoms with van der Waals surface area (Å²) in [4.78, 5) is 34.5. The molecule has 1 amide bonds. The van der Waals surface area contributed by atoms with E-state index in [0.717, 1.165) is 5.56 Å². The Kier molecular flexibility index (Phi) is 7.24. The maximum absolute atomic E-state index is 13.9. The molecule has 0 aliphatic rings. The number of carbonyl (C=O) groups is 1. The van der Waals surface area contributed by atoms with E-state index in [-0.39, 0.29) is 11.5 Å². The van der Waals surface area contributed by atoms with Gasteiger partial charge in [-0.15, -0.1) is 0 Å². The average molecular weight is 524 g/mol. The van der Waals surface area contributed by atoms with Crippen LogP contribution in [0.5, 0.6) is 5.75 Å². The zero-order valence-corrected chi connectivity index (χ0v) is 21.8. The largest absolute Gasteiger partial charge is 0.495 e. The summed E-state index contributed by atoms with van der Waals surface area (Å²) in [6, 6.07) is 30.5. The molecule has 0 N–H and O–H groups in total. The number of methoxy groups -OCH3 is 1. The number of hydrogen-bond donors (Lipinski definition) is 0. The fourth-order valence-corrected chi connectivity index (χ4v) is 4.67. The highest BCUT2D eigenvalue weighted by Crippen LogP contribution is 2.29. The van der Waals surface area contributed by atoms with Gasteiger partial charge < -0.3 is 9.64 Å². The summed E-state index contributed by atoms with van der Waals surface area (Å²) in [5, 5.41) is 1.03. The summed E-state index contributed by atoms with van der Waals surface area (Å²) in [6.45, 7) is 2.21. The Bertz CT molecular complexity index is 1650. The van der Waals surface area contributed by atoms with Crippen LogP contribution in [-0.4, -0.2) is 27.5 Å². The Morgan fingerprint density at radius 2 is 1.58 bits per heavy atom. The third-order valence-corrected chi connectivity index (χ3v) is 6.77. The van der Waals surface area contributed by atoms with Crippen LogP contribution < -0.4 is 10.3 Å². The van der Waals surface area contributed by atoms with E-state index in [9.17, 15) is 9.59 Å². The molecule has 0 aliphatic carbocycles. The van der Waals surface area contributed by atoms with Crippen LogP contribution in [0.25, 0.3) is 16.6 Å². The van der Waals surface area contributed by atoms with E-state index in [1.807, 2.05) is 73.7 Å². The summed E-state index contributed by atoms with van der Waals surface area (Å²) in [7, 11) is 1.56. The third-order valence-electron chi connectivity index (χ3n) is 6.52. The molecule has 4 aromatic carbocycles. The number of ether oxygens (including phenoxy) is 1. The predicted molar refractivity (Wildman–Crippen MR) is 150 cm³/mol. The molecule has 5 aromatic rings. The molecule has 6 nitrogen and oxygen atoms in total. The molecule has 38 heavy (non-hydrogen) atoms. The second kappa shape index (κ2) is 10.9. The zero-order valence-electron chi connectivity index (χ0n) is 21.0. The molecule has 5 rings (SSSR count). The standard InChI is InChI=1S/C31H26ClN3O3/c1-21(34(20-22-10-4-3-5-11-22)30(36)23-16-18-24(32)19-17-23)29-33-26-13-7-6-12-25(26)31(37)35(29)27-14-8-9-15-28(27)38-2/h3-19,21H,20H2,1-2H3. The van der Waals surface area contributed by atoms with Crippen molar-refractivity contribution in [3.8, 4) is 11.4 Å². The zero-order chi connectivity index (χ0) is 26.6. The molecule has 1 heterocycles. The number of amides is 1. The number of para-hydroxylation sites is 3. The minimum absolute atomic E-state index is 0.202. The summed E-state index contributed by atoms with van der Waals surface area (Å²) in [6.07, 6.45) is 0. The van der Waals surface area contributed by atoms with Gasteiger partial charge in [0, 0.05) is 17.1 Å². The molecule has 7 heteroatoms. The summed E-state index contributed by atoms with van der Waals surface area (Å²) < 4.78 is 7.16. The number of hydrogen-bond acceptors (Lipinski definition) is 4. The van der Waals surface area contributed by atoms with Crippen molar-refractivity contribution in [2.24, 2.45) is 0 Å². The van der Waals surface area contributed by atoms with E-state index >= 15 is 0 Å². The Labute approximate surface area is 225 Å². The maximum Gasteiger partial charge on any atom is 0.266 e. The van der Waals surface area contributed by atoms with Gasteiger partial charge in [-0.1, -0.05) is 66.2 Å². The second-order valence-electron chi connectivity index (χ2n) is 8.90. The number of halogens is 1. The number of fused-ring (bicyclic) bond motifs is 1. The predicted octanol–water partition coefficient (Wildman–Crippen LogP) is 6.45. The van der Waals surface area contributed by atoms with Crippen molar-refractivity contribution in [2.45, 2.75) is 19.5 Å². The van der Waals surface area contributed by atoms with Gasteiger partial charge in [0.1, 0.15) is 11.6 Å². The topological polar surface area (TPSA) is 64.4 Å². The molecular formula is C31H26ClN3O3. The van der Waals surface area contributed by atoms with E-state index in [1.54, 1.807) is 53.0 Å². The highest BCUT2D eigenvalue weighted by atomic mass is 35.5. The lowest BCUT2D eigenvalue weighted by molar-refractivity contribution is 0.0664. The minimum atomic E-state index is -0.583. The lowest BCUT2D eigenvalue weighted by atomic mass is 10.1. The van der Waals surface area contributed by atoms with Gasteiger partial charge >= 0.3 is 0 Å². The SMILES string of the molecule is COc1ccccc1-n1c(C(C)N(Cc2ccccc2)C(=O)c2ccc(Cl)cc2)nc2ccccc2c1=O. The average Bonchev–Trinajstić information content (AvgIpc) is 2.96. The van der Waals surface area contributed by atoms with Crippen LogP contribution in [0.2, 0.25) is 5.02 Å². The van der Waals surface area contributed by atoms with Crippen LogP contribution in [0.4, 0.5) is 0 Å². The molecule has 190 valence electrons. The van der Waals surface area contributed by atoms with Crippen molar-refractivity contribution in [2.75, 3.05) is 7.11 Å². The molecular weight excluding hydrogens is 498 g/mol. The smallest absolute Gasteiger partial charge is 0.266 e. The van der Waals surface area contributed by atoms with Gasteiger partial charge in [-0.3, -0.25) is 14.2 Å². The second-order valence-corrected chi connectivity index (χ2v) is 9.34. The van der Waals surface area contributed by atoms with E-state index in [1.165, 1.54) is 0 Å². The fraction of sp³-hybridized carbons (Fsp3) is 0.129. The van der Waals surface area contributed by atoms with E-state index in [0.29, 0.717) is 45.3 Å². The Balaban J connectivity index is 1.72. The summed E-state index contributed by atoms with van der Waals surface area (Å²) >= 11 is 6.09. The van der Waals surface area contributed by atoms with E-state index in [2.05, 4.69) is 0 Å². The third kappa shape index (κ3) is 4.91. The minimum Gasteiger partial charge on any atom is -0.495 e. The highest BCUT2D eigenvalue weighted by Gasteiger charge is 2.28. The number of nitrogens with zero attached hydrogens (tertiary/aromatic N) is 3. The van der Waals surface area contributed by atoms with Crippen molar-refractivity contribution >= 4 is 28.4 Å². The van der Waals surface area contributed by atoms with Gasteiger partial charge in [-0.05, 0) is 61.0 Å². The quantitative estimate of drug-likeness (QED) is 0.246. The van der Waals surface area contributed by atoms with E-state index in [4.69, 9.17) is 21.3 Å². The van der Waals surface area contributed by atoms with Gasteiger partial charge in [-0.25, -0.2) is 4.98 Å². The maximum atomic E-state index is 13.9. The lowest BCUT2D eigenvalue weighted by Gasteiger charge is -2.31. The first-order valence-electron chi connectivity index (χ1n) is 12.2. The molecule has 0 saturated carbocycles. The van der Waals surface area contributed by atoms with Gasteiger partial charge in [0.05, 0.1) is 29.7 Å². The number of aromatic nitrogens is 2. The van der Waals surface area contributed by atoms with Crippen LogP contribution in [-0.2, 0) is 6.54 Å². The van der Waals surface area contributed by atoms with Crippen LogP contribution in [0.3, 0.4) is 0 Å². The first-order chi connectivity index (χ1) is 18.5. The normalized spacial score (nSPS) is 11.8. The van der Waals surface area contributed by atoms with Crippen molar-refractivity contribution in [1.82, 2.24) is 14.5 Å². The van der Waals surface area contributed by atoms with Crippen molar-refractivity contribution < 1.29 is 9.53 Å². The van der Waals surface area contributed by atoms with Crippen LogP contribution in [0.1, 0.15) is 34.7 Å². The van der Waals surface area contributed by atoms with Crippen molar-refractivity contribution in [3.63, 3.8) is 0 Å². The van der Waals surface area contributed by atoms with Crippen LogP contribution in [0.15, 0.2) is 108 Å². The molecule has 1 atom stereocenters. The molecule has 1 aromatic heterocycles. The van der Waals surface area contributed by atoms with Crippen molar-refractivity contribution in [1.29, 1.82) is 0 Å². The molecule has 1 unspecified atom stereocenters. The first kappa shape index (κ1) is 25.2. The van der Waals surface area contributed by atoms with E-state index < -0.39 is 6.04 Å². The number of rotatable bonds is 7. The molecule has 0 spiro atoms. The number of carbonyl (C=O) groups excluding carboxylic acids is 1. The van der Waals surface area contributed by atoms with Gasteiger partial charge in [-0.2, -0.15) is 0 Å². The van der Waals surface area contributed by atoms with Crippen molar-refractivity contribution in [3.05, 3.63) is 135 Å². The molecule has 0 fully saturated rings. The Hall–Kier alpha value is -4.42. The molecule has 0 radical (unpaired) electrons. The molecule has 0 aliphatic heterocycles. The Morgan fingerprint density at radius 1 is 0.921 bits per heavy atom. The summed E-state index contributed by atoms with van der Waals surface area (Å²) in [5.74, 6) is 0.752. The molecule has 0 bridgehead atoms. The lowest BCUT2D eigenvalue weighted by Crippen LogP contribution is -2.37. The van der Waals surface area contributed by atoms with Gasteiger partial charge in [0.25, 0.3) is 11.5 Å². The highest BCUT2D eigenvalue weighted by molar-refractivity contribution is 6.30. The molecule has 0 saturated heterocycles. The monoisotopic (exact) mass is 523 g/mol. The fourth-order valence-electron chi connectivity index (χ4n) is 4.54. The van der Waals surface area contributed by atoms with Gasteiger partial charge in [0.15, 0.2) is 0 Å². The summed E-state index contributed by atoms with van der Waals surface area (Å²) in [5.41, 5.74) is 2.32. The first-order valence-corrected chi connectivity index (χ1v) is 12.6. The van der Waals surface area contributed by atoms with Gasteiger partial charge in [0.2, 0.25) is 0 Å². The number of benzene rings is 4. The Morgan fingerprint density at radius 3 is 2.32 bits per heavy atom. The van der Waals surface area contributed by atoms with Crippen LogP contribution >= 0.6 is 11.6 Å².